The molecule has 1 saturated carbocycles. The van der Waals surface area contributed by atoms with Crippen molar-refractivity contribution in [1.29, 1.82) is 0 Å². The number of halogens is 1. The summed E-state index contributed by atoms with van der Waals surface area (Å²) < 4.78 is 19.8. The summed E-state index contributed by atoms with van der Waals surface area (Å²) in [4.78, 5) is 0. The number of benzene rings is 1. The Labute approximate surface area is 124 Å². The lowest BCUT2D eigenvalue weighted by atomic mass is 9.62. The van der Waals surface area contributed by atoms with Gasteiger partial charge in [0, 0.05) is 17.4 Å². The van der Waals surface area contributed by atoms with Crippen LogP contribution in [0.3, 0.4) is 0 Å². The van der Waals surface area contributed by atoms with E-state index in [9.17, 15) is 9.60 Å². The molecule has 0 aromatic heterocycles. The van der Waals surface area contributed by atoms with Gasteiger partial charge in [0.05, 0.1) is 12.8 Å². The normalized spacial score (nSPS) is 29.9. The minimum absolute atomic E-state index is 0.160. The third-order valence-corrected chi connectivity index (χ3v) is 5.37. The molecule has 3 rings (SSSR count). The SMILES string of the molecule is CCC12CCCCC(Cc3c(F)cc(OC)cc31)/C2=N/O. The molecular weight excluding hydrogens is 269 g/mol. The van der Waals surface area contributed by atoms with E-state index in [0.29, 0.717) is 12.2 Å². The van der Waals surface area contributed by atoms with Gasteiger partial charge in [-0.3, -0.25) is 0 Å². The third-order valence-electron chi connectivity index (χ3n) is 5.37. The molecular formula is C17H22FNO2. The maximum absolute atomic E-state index is 14.5. The Morgan fingerprint density at radius 1 is 1.43 bits per heavy atom. The molecule has 0 amide bonds. The Hall–Kier alpha value is -1.58. The number of hydrogen-bond acceptors (Lipinski definition) is 3. The van der Waals surface area contributed by atoms with Crippen LogP contribution in [0.5, 0.6) is 5.75 Å². The van der Waals surface area contributed by atoms with E-state index in [-0.39, 0.29) is 17.2 Å². The minimum atomic E-state index is -0.334. The second-order valence-electron chi connectivity index (χ2n) is 6.20. The van der Waals surface area contributed by atoms with E-state index in [1.165, 1.54) is 6.07 Å². The molecule has 0 spiro atoms. The Morgan fingerprint density at radius 3 is 2.90 bits per heavy atom. The van der Waals surface area contributed by atoms with Crippen LogP contribution in [-0.2, 0) is 11.8 Å². The van der Waals surface area contributed by atoms with Gasteiger partial charge in [-0.15, -0.1) is 0 Å². The standard InChI is InChI=1S/C17H22FNO2/c1-3-17-7-5-4-6-11(16(17)19-20)8-13-14(17)9-12(21-2)10-15(13)18/h9-11,20H,3-8H2,1-2H3/b19-16-. The lowest BCUT2D eigenvalue weighted by Crippen LogP contribution is -2.44. The van der Waals surface area contributed by atoms with E-state index in [0.717, 1.165) is 48.9 Å². The van der Waals surface area contributed by atoms with E-state index in [2.05, 4.69) is 12.1 Å². The molecule has 0 heterocycles. The molecule has 1 N–H and O–H groups in total. The minimum Gasteiger partial charge on any atom is -0.497 e. The van der Waals surface area contributed by atoms with Gasteiger partial charge in [-0.05, 0) is 42.9 Å². The summed E-state index contributed by atoms with van der Waals surface area (Å²) in [5.74, 6) is 0.512. The van der Waals surface area contributed by atoms with Gasteiger partial charge in [0.25, 0.3) is 0 Å². The Morgan fingerprint density at radius 2 is 2.24 bits per heavy atom. The predicted molar refractivity (Wildman–Crippen MR) is 79.8 cm³/mol. The first-order chi connectivity index (χ1) is 10.2. The molecule has 4 heteroatoms. The van der Waals surface area contributed by atoms with Crippen LogP contribution in [0.15, 0.2) is 17.3 Å². The van der Waals surface area contributed by atoms with Crippen LogP contribution >= 0.6 is 0 Å². The van der Waals surface area contributed by atoms with Gasteiger partial charge in [-0.25, -0.2) is 4.39 Å². The summed E-state index contributed by atoms with van der Waals surface area (Å²) in [5, 5.41) is 13.3. The van der Waals surface area contributed by atoms with E-state index in [4.69, 9.17) is 4.74 Å². The fourth-order valence-electron chi connectivity index (χ4n) is 4.28. The molecule has 0 radical (unpaired) electrons. The zero-order valence-corrected chi connectivity index (χ0v) is 12.7. The Bertz CT molecular complexity index is 584. The molecule has 2 bridgehead atoms. The van der Waals surface area contributed by atoms with Crippen LogP contribution in [0.25, 0.3) is 0 Å². The van der Waals surface area contributed by atoms with Crippen LogP contribution in [0.1, 0.15) is 50.2 Å². The lowest BCUT2D eigenvalue weighted by Gasteiger charge is -2.41. The summed E-state index contributed by atoms with van der Waals surface area (Å²) in [6.45, 7) is 2.10. The van der Waals surface area contributed by atoms with Crippen LogP contribution in [0.2, 0.25) is 0 Å². The first kappa shape index (κ1) is 14.4. The summed E-state index contributed by atoms with van der Waals surface area (Å²) in [7, 11) is 1.56. The fourth-order valence-corrected chi connectivity index (χ4v) is 4.28. The van der Waals surface area contributed by atoms with Gasteiger partial charge in [-0.1, -0.05) is 24.9 Å². The maximum atomic E-state index is 14.5. The zero-order chi connectivity index (χ0) is 15.0. The monoisotopic (exact) mass is 291 g/mol. The van der Waals surface area contributed by atoms with Crippen molar-refractivity contribution in [1.82, 2.24) is 0 Å². The molecule has 114 valence electrons. The summed E-state index contributed by atoms with van der Waals surface area (Å²) in [6, 6.07) is 3.41. The van der Waals surface area contributed by atoms with Gasteiger partial charge in [0.2, 0.25) is 0 Å². The van der Waals surface area contributed by atoms with Crippen LogP contribution < -0.4 is 4.74 Å². The molecule has 1 aromatic rings. The van der Waals surface area contributed by atoms with Gasteiger partial charge >= 0.3 is 0 Å². The fraction of sp³-hybridized carbons (Fsp3) is 0.588. The molecule has 2 atom stereocenters. The molecule has 1 fully saturated rings. The lowest BCUT2D eigenvalue weighted by molar-refractivity contribution is 0.301. The zero-order valence-electron chi connectivity index (χ0n) is 12.7. The van der Waals surface area contributed by atoms with Crippen molar-refractivity contribution in [2.45, 2.75) is 50.9 Å². The number of rotatable bonds is 2. The molecule has 0 saturated heterocycles. The molecule has 2 unspecified atom stereocenters. The third kappa shape index (κ3) is 2.03. The van der Waals surface area contributed by atoms with Crippen LogP contribution in [0, 0.1) is 11.7 Å². The number of fused-ring (bicyclic) bond motifs is 4. The van der Waals surface area contributed by atoms with Crippen molar-refractivity contribution >= 4 is 5.71 Å². The highest BCUT2D eigenvalue weighted by Gasteiger charge is 2.47. The van der Waals surface area contributed by atoms with Crippen LogP contribution in [-0.4, -0.2) is 18.0 Å². The number of hydrogen-bond donors (Lipinski definition) is 1. The number of oxime groups is 1. The second-order valence-corrected chi connectivity index (χ2v) is 6.20. The Kier molecular flexibility index (Phi) is 3.64. The molecule has 2 aliphatic carbocycles. The average molecular weight is 291 g/mol. The number of methoxy groups -OCH3 is 1. The maximum Gasteiger partial charge on any atom is 0.130 e. The molecule has 0 aliphatic heterocycles. The second kappa shape index (κ2) is 5.32. The quantitative estimate of drug-likeness (QED) is 0.659. The van der Waals surface area contributed by atoms with Crippen molar-refractivity contribution in [3.63, 3.8) is 0 Å². The summed E-state index contributed by atoms with van der Waals surface area (Å²) in [6.07, 6.45) is 5.54. The highest BCUT2D eigenvalue weighted by Crippen LogP contribution is 2.49. The van der Waals surface area contributed by atoms with Crippen molar-refractivity contribution in [2.75, 3.05) is 7.11 Å². The molecule has 3 nitrogen and oxygen atoms in total. The average Bonchev–Trinajstić information content (AvgIpc) is 2.63. The molecule has 21 heavy (non-hydrogen) atoms. The van der Waals surface area contributed by atoms with E-state index in [1.54, 1.807) is 7.11 Å². The number of ether oxygens (including phenoxy) is 1. The van der Waals surface area contributed by atoms with Crippen molar-refractivity contribution in [2.24, 2.45) is 11.1 Å². The van der Waals surface area contributed by atoms with Crippen molar-refractivity contribution < 1.29 is 14.3 Å². The van der Waals surface area contributed by atoms with Crippen molar-refractivity contribution in [3.05, 3.63) is 29.1 Å². The number of nitrogens with zero attached hydrogens (tertiary/aromatic N) is 1. The highest BCUT2D eigenvalue weighted by atomic mass is 19.1. The van der Waals surface area contributed by atoms with Gasteiger partial charge < -0.3 is 9.94 Å². The smallest absolute Gasteiger partial charge is 0.130 e. The van der Waals surface area contributed by atoms with E-state index >= 15 is 0 Å². The van der Waals surface area contributed by atoms with E-state index < -0.39 is 0 Å². The first-order valence-electron chi connectivity index (χ1n) is 7.75. The largest absolute Gasteiger partial charge is 0.497 e. The van der Waals surface area contributed by atoms with E-state index in [1.807, 2.05) is 6.07 Å². The first-order valence-corrected chi connectivity index (χ1v) is 7.75. The van der Waals surface area contributed by atoms with Gasteiger partial charge in [0.15, 0.2) is 0 Å². The molecule has 1 aromatic carbocycles. The Balaban J connectivity index is 2.28. The summed E-state index contributed by atoms with van der Waals surface area (Å²) >= 11 is 0. The topological polar surface area (TPSA) is 41.8 Å². The van der Waals surface area contributed by atoms with Gasteiger partial charge in [-0.2, -0.15) is 0 Å². The predicted octanol–water partition coefficient (Wildman–Crippen LogP) is 4.06. The van der Waals surface area contributed by atoms with Crippen molar-refractivity contribution in [3.8, 4) is 5.75 Å². The van der Waals surface area contributed by atoms with Crippen LogP contribution in [0.4, 0.5) is 4.39 Å². The molecule has 2 aliphatic rings. The van der Waals surface area contributed by atoms with Gasteiger partial charge in [0.1, 0.15) is 11.6 Å². The summed E-state index contributed by atoms with van der Waals surface area (Å²) in [5.41, 5.74) is 2.27. The highest BCUT2D eigenvalue weighted by molar-refractivity contribution is 5.98.